The van der Waals surface area contributed by atoms with E-state index in [0.29, 0.717) is 12.2 Å². The molecule has 1 atom stereocenters. The number of hydrogen-bond donors (Lipinski definition) is 3. The van der Waals surface area contributed by atoms with Gasteiger partial charge in [0.05, 0.1) is 6.42 Å². The van der Waals surface area contributed by atoms with Crippen molar-refractivity contribution in [3.63, 3.8) is 0 Å². The van der Waals surface area contributed by atoms with Crippen LogP contribution in [0.15, 0.2) is 18.2 Å². The number of aliphatic carboxylic acids is 1. The number of carboxylic acid groups (broad SMARTS) is 1. The van der Waals surface area contributed by atoms with Crippen LogP contribution in [0.2, 0.25) is 0 Å². The van der Waals surface area contributed by atoms with E-state index in [1.54, 1.807) is 6.07 Å². The average Bonchev–Trinajstić information content (AvgIpc) is 2.16. The van der Waals surface area contributed by atoms with Gasteiger partial charge in [-0.2, -0.15) is 0 Å². The van der Waals surface area contributed by atoms with Crippen molar-refractivity contribution in [1.82, 2.24) is 0 Å². The van der Waals surface area contributed by atoms with Crippen LogP contribution in [0.5, 0.6) is 0 Å². The highest BCUT2D eigenvalue weighted by Gasteiger charge is 2.29. The molecule has 0 radical (unpaired) electrons. The minimum Gasteiger partial charge on any atom is -0.481 e. The lowest BCUT2D eigenvalue weighted by atomic mass is 9.77. The van der Waals surface area contributed by atoms with Crippen molar-refractivity contribution in [3.05, 3.63) is 29.3 Å². The molecule has 0 aromatic heterocycles. The molecule has 1 aromatic carbocycles. The second-order valence-electron chi connectivity index (χ2n) is 4.41. The third kappa shape index (κ3) is 2.52. The molecule has 16 heavy (non-hydrogen) atoms. The molecule has 4 heteroatoms. The number of benzene rings is 1. The van der Waals surface area contributed by atoms with Gasteiger partial charge >= 0.3 is 5.97 Å². The number of nitrogens with two attached hydrogens (primary N) is 2. The number of carboxylic acids is 1. The number of carbonyl (C=O) groups is 1. The summed E-state index contributed by atoms with van der Waals surface area (Å²) < 4.78 is 0. The molecule has 88 valence electrons. The van der Waals surface area contributed by atoms with Crippen LogP contribution in [0.1, 0.15) is 24.5 Å². The van der Waals surface area contributed by atoms with Gasteiger partial charge in [-0.05, 0) is 30.2 Å². The number of anilines is 1. The second-order valence-corrected chi connectivity index (χ2v) is 4.41. The van der Waals surface area contributed by atoms with Crippen LogP contribution in [0.25, 0.3) is 0 Å². The molecular weight excluding hydrogens is 204 g/mol. The standard InChI is InChI=1S/C12H18N2O2/c1-8-5-9(14)3-4-10(8)12(2,7-13)6-11(15)16/h3-5H,6-7,13-14H2,1-2H3,(H,15,16). The van der Waals surface area contributed by atoms with Crippen molar-refractivity contribution in [2.75, 3.05) is 12.3 Å². The van der Waals surface area contributed by atoms with Gasteiger partial charge in [0, 0.05) is 17.6 Å². The molecule has 0 saturated heterocycles. The zero-order valence-corrected chi connectivity index (χ0v) is 9.66. The minimum atomic E-state index is -0.843. The Morgan fingerprint density at radius 3 is 2.56 bits per heavy atom. The fraction of sp³-hybridized carbons (Fsp3) is 0.417. The highest BCUT2D eigenvalue weighted by Crippen LogP contribution is 2.30. The van der Waals surface area contributed by atoms with E-state index in [1.807, 2.05) is 26.0 Å². The normalized spacial score (nSPS) is 14.4. The van der Waals surface area contributed by atoms with Gasteiger partial charge < -0.3 is 16.6 Å². The predicted molar refractivity (Wildman–Crippen MR) is 64.3 cm³/mol. The molecular formula is C12H18N2O2. The molecule has 5 N–H and O–H groups in total. The first kappa shape index (κ1) is 12.5. The Morgan fingerprint density at radius 2 is 2.12 bits per heavy atom. The molecule has 1 rings (SSSR count). The maximum atomic E-state index is 10.8. The fourth-order valence-electron chi connectivity index (χ4n) is 1.98. The lowest BCUT2D eigenvalue weighted by Crippen LogP contribution is -2.35. The lowest BCUT2D eigenvalue weighted by molar-refractivity contribution is -0.138. The van der Waals surface area contributed by atoms with Gasteiger partial charge in [0.15, 0.2) is 0 Å². The average molecular weight is 222 g/mol. The van der Waals surface area contributed by atoms with E-state index in [4.69, 9.17) is 16.6 Å². The Labute approximate surface area is 95.3 Å². The van der Waals surface area contributed by atoms with Crippen molar-refractivity contribution in [2.45, 2.75) is 25.7 Å². The Bertz CT molecular complexity index is 404. The topological polar surface area (TPSA) is 89.3 Å². The lowest BCUT2D eigenvalue weighted by Gasteiger charge is -2.28. The van der Waals surface area contributed by atoms with E-state index in [9.17, 15) is 4.79 Å². The van der Waals surface area contributed by atoms with Gasteiger partial charge in [0.1, 0.15) is 0 Å². The molecule has 0 spiro atoms. The zero-order chi connectivity index (χ0) is 12.3. The summed E-state index contributed by atoms with van der Waals surface area (Å²) >= 11 is 0. The van der Waals surface area contributed by atoms with E-state index >= 15 is 0 Å². The molecule has 0 amide bonds. The van der Waals surface area contributed by atoms with E-state index in [1.165, 1.54) is 0 Å². The summed E-state index contributed by atoms with van der Waals surface area (Å²) in [5.74, 6) is -0.843. The van der Waals surface area contributed by atoms with Crippen LogP contribution in [0.3, 0.4) is 0 Å². The summed E-state index contributed by atoms with van der Waals surface area (Å²) in [7, 11) is 0. The Balaban J connectivity index is 3.17. The van der Waals surface area contributed by atoms with Crippen LogP contribution in [-0.4, -0.2) is 17.6 Å². The number of aryl methyl sites for hydroxylation is 1. The zero-order valence-electron chi connectivity index (χ0n) is 9.66. The Morgan fingerprint density at radius 1 is 1.50 bits per heavy atom. The molecule has 0 fully saturated rings. The van der Waals surface area contributed by atoms with Gasteiger partial charge in [0.25, 0.3) is 0 Å². The van der Waals surface area contributed by atoms with Crippen molar-refractivity contribution >= 4 is 11.7 Å². The minimum absolute atomic E-state index is 0.0221. The Hall–Kier alpha value is -1.55. The maximum Gasteiger partial charge on any atom is 0.304 e. The summed E-state index contributed by atoms with van der Waals surface area (Å²) in [5.41, 5.74) is 13.4. The van der Waals surface area contributed by atoms with Gasteiger partial charge in [-0.3, -0.25) is 4.79 Å². The van der Waals surface area contributed by atoms with Crippen LogP contribution in [0.4, 0.5) is 5.69 Å². The van der Waals surface area contributed by atoms with Crippen LogP contribution >= 0.6 is 0 Å². The number of hydrogen-bond acceptors (Lipinski definition) is 3. The summed E-state index contributed by atoms with van der Waals surface area (Å²) in [6.45, 7) is 4.07. The first-order chi connectivity index (χ1) is 7.39. The summed E-state index contributed by atoms with van der Waals surface area (Å²) in [6, 6.07) is 5.48. The third-order valence-electron chi connectivity index (χ3n) is 2.89. The van der Waals surface area contributed by atoms with Crippen LogP contribution in [0, 0.1) is 6.92 Å². The quantitative estimate of drug-likeness (QED) is 0.669. The molecule has 0 aliphatic carbocycles. The van der Waals surface area contributed by atoms with E-state index < -0.39 is 11.4 Å². The summed E-state index contributed by atoms with van der Waals surface area (Å²) in [5, 5.41) is 8.91. The van der Waals surface area contributed by atoms with E-state index in [2.05, 4.69) is 0 Å². The molecule has 0 bridgehead atoms. The van der Waals surface area contributed by atoms with Crippen molar-refractivity contribution in [2.24, 2.45) is 5.73 Å². The van der Waals surface area contributed by atoms with Gasteiger partial charge in [0.2, 0.25) is 0 Å². The molecule has 4 nitrogen and oxygen atoms in total. The summed E-state index contributed by atoms with van der Waals surface area (Å²) in [4.78, 5) is 10.8. The van der Waals surface area contributed by atoms with Crippen molar-refractivity contribution in [1.29, 1.82) is 0 Å². The van der Waals surface area contributed by atoms with E-state index in [-0.39, 0.29) is 6.42 Å². The highest BCUT2D eigenvalue weighted by molar-refractivity contribution is 5.69. The van der Waals surface area contributed by atoms with Crippen LogP contribution < -0.4 is 11.5 Å². The molecule has 0 aliphatic rings. The first-order valence-electron chi connectivity index (χ1n) is 5.17. The second kappa shape index (κ2) is 4.53. The molecule has 0 saturated carbocycles. The van der Waals surface area contributed by atoms with Crippen LogP contribution in [-0.2, 0) is 10.2 Å². The maximum absolute atomic E-state index is 10.8. The van der Waals surface area contributed by atoms with Gasteiger partial charge in [-0.1, -0.05) is 13.0 Å². The molecule has 1 aromatic rings. The van der Waals surface area contributed by atoms with Gasteiger partial charge in [-0.15, -0.1) is 0 Å². The smallest absolute Gasteiger partial charge is 0.304 e. The largest absolute Gasteiger partial charge is 0.481 e. The monoisotopic (exact) mass is 222 g/mol. The molecule has 0 aliphatic heterocycles. The summed E-state index contributed by atoms with van der Waals surface area (Å²) in [6.07, 6.45) is 0.0221. The Kier molecular flexibility index (Phi) is 3.55. The fourth-order valence-corrected chi connectivity index (χ4v) is 1.98. The third-order valence-corrected chi connectivity index (χ3v) is 2.89. The molecule has 1 unspecified atom stereocenters. The SMILES string of the molecule is Cc1cc(N)ccc1C(C)(CN)CC(=O)O. The van der Waals surface area contributed by atoms with E-state index in [0.717, 1.165) is 11.1 Å². The number of nitrogen functional groups attached to an aromatic ring is 1. The van der Waals surface area contributed by atoms with Crippen molar-refractivity contribution in [3.8, 4) is 0 Å². The first-order valence-corrected chi connectivity index (χ1v) is 5.17. The molecule has 0 heterocycles. The number of rotatable bonds is 4. The predicted octanol–water partition coefficient (Wildman–Crippen LogP) is 1.27. The highest BCUT2D eigenvalue weighted by atomic mass is 16.4. The van der Waals surface area contributed by atoms with Gasteiger partial charge in [-0.25, -0.2) is 0 Å². The van der Waals surface area contributed by atoms with Crippen molar-refractivity contribution < 1.29 is 9.90 Å².